The van der Waals surface area contributed by atoms with Crippen LogP contribution >= 0.6 is 15.9 Å². The second-order valence-corrected chi connectivity index (χ2v) is 5.96. The van der Waals surface area contributed by atoms with E-state index >= 15 is 0 Å². The fourth-order valence-corrected chi connectivity index (χ4v) is 3.47. The number of nitrogens with zero attached hydrogens (tertiary/aromatic N) is 3. The number of nitrogens with two attached hydrogens (primary N) is 1. The third-order valence-electron chi connectivity index (χ3n) is 3.74. The summed E-state index contributed by atoms with van der Waals surface area (Å²) in [6, 6.07) is 4.09. The molecule has 0 amide bonds. The predicted molar refractivity (Wildman–Crippen MR) is 81.5 cm³/mol. The van der Waals surface area contributed by atoms with Crippen molar-refractivity contribution >= 4 is 43.7 Å². The van der Waals surface area contributed by atoms with Crippen molar-refractivity contribution in [2.45, 2.75) is 20.1 Å². The Hall–Kier alpha value is -1.66. The molecular formula is C14H13BrN4O. The first-order chi connectivity index (χ1) is 9.65. The Labute approximate surface area is 123 Å². The Morgan fingerprint density at radius 1 is 1.35 bits per heavy atom. The minimum absolute atomic E-state index is 0.479. The molecule has 6 heteroatoms. The Morgan fingerprint density at radius 3 is 3.05 bits per heavy atom. The minimum atomic E-state index is 0.479. The van der Waals surface area contributed by atoms with Gasteiger partial charge in [-0.05, 0) is 24.6 Å². The SMILES string of the molecule is Cc1cc(Br)cc2nc(N)c3nc4n(c3c12)CCOC4. The van der Waals surface area contributed by atoms with Crippen molar-refractivity contribution in [1.82, 2.24) is 14.5 Å². The van der Waals surface area contributed by atoms with Gasteiger partial charge in [0.15, 0.2) is 5.82 Å². The maximum absolute atomic E-state index is 6.09. The number of rotatable bonds is 0. The lowest BCUT2D eigenvalue weighted by atomic mass is 10.1. The first-order valence-corrected chi connectivity index (χ1v) is 7.26. The highest BCUT2D eigenvalue weighted by Gasteiger charge is 2.20. The normalized spacial score (nSPS) is 14.9. The average Bonchev–Trinajstić information content (AvgIpc) is 2.78. The molecule has 3 heterocycles. The van der Waals surface area contributed by atoms with Crippen LogP contribution in [0.15, 0.2) is 16.6 Å². The standard InChI is InChI=1S/C14H13BrN4O/c1-7-4-8(15)5-9-11(7)13-12(14(16)17-9)18-10-6-20-3-2-19(10)13/h4-5H,2-3,6H2,1H3,(H2,16,17). The lowest BCUT2D eigenvalue weighted by Gasteiger charge is -2.16. The van der Waals surface area contributed by atoms with E-state index in [9.17, 15) is 0 Å². The van der Waals surface area contributed by atoms with E-state index in [2.05, 4.69) is 43.5 Å². The van der Waals surface area contributed by atoms with Crippen molar-refractivity contribution in [3.05, 3.63) is 28.0 Å². The molecule has 0 aliphatic carbocycles. The van der Waals surface area contributed by atoms with Gasteiger partial charge in [-0.15, -0.1) is 0 Å². The molecule has 0 radical (unpaired) electrons. The molecule has 0 atom stereocenters. The van der Waals surface area contributed by atoms with Crippen LogP contribution in [0.5, 0.6) is 0 Å². The highest BCUT2D eigenvalue weighted by molar-refractivity contribution is 9.10. The van der Waals surface area contributed by atoms with Crippen LogP contribution in [-0.2, 0) is 17.9 Å². The highest BCUT2D eigenvalue weighted by Crippen LogP contribution is 2.33. The Morgan fingerprint density at radius 2 is 2.20 bits per heavy atom. The van der Waals surface area contributed by atoms with E-state index in [4.69, 9.17) is 10.5 Å². The van der Waals surface area contributed by atoms with Gasteiger partial charge in [-0.1, -0.05) is 15.9 Å². The van der Waals surface area contributed by atoms with Crippen LogP contribution < -0.4 is 5.73 Å². The molecule has 102 valence electrons. The number of benzene rings is 1. The predicted octanol–water partition coefficient (Wildman–Crippen LogP) is 2.77. The zero-order valence-electron chi connectivity index (χ0n) is 11.0. The van der Waals surface area contributed by atoms with Crippen LogP contribution in [0.25, 0.3) is 21.9 Å². The molecule has 2 N–H and O–H groups in total. The van der Waals surface area contributed by atoms with Gasteiger partial charge < -0.3 is 15.0 Å². The summed E-state index contributed by atoms with van der Waals surface area (Å²) in [5, 5.41) is 1.12. The van der Waals surface area contributed by atoms with Gasteiger partial charge in [0.2, 0.25) is 0 Å². The van der Waals surface area contributed by atoms with Crippen LogP contribution in [0, 0.1) is 6.92 Å². The molecule has 1 aliphatic heterocycles. The number of hydrogen-bond acceptors (Lipinski definition) is 4. The van der Waals surface area contributed by atoms with Crippen molar-refractivity contribution in [3.63, 3.8) is 0 Å². The van der Waals surface area contributed by atoms with Gasteiger partial charge in [0.05, 0.1) is 17.6 Å². The smallest absolute Gasteiger partial charge is 0.152 e. The van der Waals surface area contributed by atoms with Gasteiger partial charge in [-0.3, -0.25) is 0 Å². The fourth-order valence-electron chi connectivity index (χ4n) is 2.91. The summed E-state index contributed by atoms with van der Waals surface area (Å²) >= 11 is 3.51. The second kappa shape index (κ2) is 4.17. The molecule has 4 rings (SSSR count). The van der Waals surface area contributed by atoms with E-state index < -0.39 is 0 Å². The summed E-state index contributed by atoms with van der Waals surface area (Å²) in [5.74, 6) is 1.40. The largest absolute Gasteiger partial charge is 0.382 e. The zero-order chi connectivity index (χ0) is 13.9. The number of nitrogen functional groups attached to an aromatic ring is 1. The molecule has 0 unspecified atom stereocenters. The van der Waals surface area contributed by atoms with Crippen molar-refractivity contribution in [2.75, 3.05) is 12.3 Å². The van der Waals surface area contributed by atoms with Crippen LogP contribution in [0.3, 0.4) is 0 Å². The number of ether oxygens (including phenoxy) is 1. The first-order valence-electron chi connectivity index (χ1n) is 6.47. The van der Waals surface area contributed by atoms with E-state index in [1.165, 1.54) is 5.56 Å². The first kappa shape index (κ1) is 12.1. The third-order valence-corrected chi connectivity index (χ3v) is 4.19. The van der Waals surface area contributed by atoms with E-state index in [0.29, 0.717) is 19.0 Å². The number of hydrogen-bond donors (Lipinski definition) is 1. The number of pyridine rings is 1. The quantitative estimate of drug-likeness (QED) is 0.687. The molecule has 0 fully saturated rings. The van der Waals surface area contributed by atoms with Gasteiger partial charge in [0, 0.05) is 16.4 Å². The molecule has 1 aromatic carbocycles. The van der Waals surface area contributed by atoms with Crippen LogP contribution in [0.2, 0.25) is 0 Å². The summed E-state index contributed by atoms with van der Waals surface area (Å²) in [4.78, 5) is 9.11. The molecule has 0 saturated heterocycles. The summed E-state index contributed by atoms with van der Waals surface area (Å²) in [6.07, 6.45) is 0. The average molecular weight is 333 g/mol. The van der Waals surface area contributed by atoms with Crippen molar-refractivity contribution in [3.8, 4) is 0 Å². The maximum atomic E-state index is 6.09. The second-order valence-electron chi connectivity index (χ2n) is 5.04. The molecule has 20 heavy (non-hydrogen) atoms. The number of anilines is 1. The van der Waals surface area contributed by atoms with E-state index in [1.54, 1.807) is 0 Å². The summed E-state index contributed by atoms with van der Waals surface area (Å²) < 4.78 is 8.69. The highest BCUT2D eigenvalue weighted by atomic mass is 79.9. The van der Waals surface area contributed by atoms with Gasteiger partial charge >= 0.3 is 0 Å². The minimum Gasteiger partial charge on any atom is -0.382 e. The molecule has 0 saturated carbocycles. The Bertz CT molecular complexity index is 856. The molecule has 2 aromatic heterocycles. The number of halogens is 1. The number of aryl methyl sites for hydroxylation is 1. The van der Waals surface area contributed by atoms with E-state index in [1.807, 2.05) is 6.07 Å². The molecule has 3 aromatic rings. The van der Waals surface area contributed by atoms with Crippen molar-refractivity contribution < 1.29 is 4.74 Å². The monoisotopic (exact) mass is 332 g/mol. The van der Waals surface area contributed by atoms with Crippen LogP contribution in [0.4, 0.5) is 5.82 Å². The summed E-state index contributed by atoms with van der Waals surface area (Å²) in [7, 11) is 0. The number of imidazole rings is 1. The molecule has 0 spiro atoms. The topological polar surface area (TPSA) is 66.0 Å². The summed E-state index contributed by atoms with van der Waals surface area (Å²) in [5.41, 5.74) is 10.0. The zero-order valence-corrected chi connectivity index (χ0v) is 12.6. The third kappa shape index (κ3) is 1.58. The number of aromatic nitrogens is 3. The number of fused-ring (bicyclic) bond motifs is 5. The summed E-state index contributed by atoms with van der Waals surface area (Å²) in [6.45, 7) is 4.13. The van der Waals surface area contributed by atoms with Gasteiger partial charge in [0.25, 0.3) is 0 Å². The van der Waals surface area contributed by atoms with E-state index in [0.717, 1.165) is 38.8 Å². The molecule has 0 bridgehead atoms. The van der Waals surface area contributed by atoms with Gasteiger partial charge in [-0.25, -0.2) is 9.97 Å². The van der Waals surface area contributed by atoms with Crippen molar-refractivity contribution in [2.24, 2.45) is 0 Å². The molecule has 1 aliphatic rings. The Kier molecular flexibility index (Phi) is 2.52. The molecule has 5 nitrogen and oxygen atoms in total. The van der Waals surface area contributed by atoms with Gasteiger partial charge in [0.1, 0.15) is 17.9 Å². The maximum Gasteiger partial charge on any atom is 0.152 e. The lowest BCUT2D eigenvalue weighted by Crippen LogP contribution is -2.16. The van der Waals surface area contributed by atoms with Crippen molar-refractivity contribution in [1.29, 1.82) is 0 Å². The lowest BCUT2D eigenvalue weighted by molar-refractivity contribution is 0.0831. The fraction of sp³-hybridized carbons (Fsp3) is 0.286. The van der Waals surface area contributed by atoms with E-state index in [-0.39, 0.29) is 0 Å². The van der Waals surface area contributed by atoms with Crippen LogP contribution in [-0.4, -0.2) is 21.1 Å². The Balaban J connectivity index is 2.25. The van der Waals surface area contributed by atoms with Gasteiger partial charge in [-0.2, -0.15) is 0 Å². The molecular weight excluding hydrogens is 320 g/mol. The van der Waals surface area contributed by atoms with Crippen LogP contribution in [0.1, 0.15) is 11.4 Å².